The van der Waals surface area contributed by atoms with E-state index in [-0.39, 0.29) is 0 Å². The summed E-state index contributed by atoms with van der Waals surface area (Å²) in [4.78, 5) is 0. The molecular formula is C16H18N2O3. The van der Waals surface area contributed by atoms with Crippen LogP contribution in [0.5, 0.6) is 11.5 Å². The summed E-state index contributed by atoms with van der Waals surface area (Å²) in [5.41, 5.74) is 3.09. The van der Waals surface area contributed by atoms with Crippen molar-refractivity contribution in [1.82, 2.24) is 9.72 Å². The largest absolute Gasteiger partial charge is 0.497 e. The van der Waals surface area contributed by atoms with Crippen molar-refractivity contribution in [2.24, 2.45) is 0 Å². The molecule has 0 amide bonds. The summed E-state index contributed by atoms with van der Waals surface area (Å²) in [7, 11) is 3.32. The Balaban J connectivity index is 2.11. The molecular weight excluding hydrogens is 268 g/mol. The summed E-state index contributed by atoms with van der Waals surface area (Å²) in [5, 5.41) is 5.07. The van der Waals surface area contributed by atoms with E-state index in [1.54, 1.807) is 14.2 Å². The fourth-order valence-corrected chi connectivity index (χ4v) is 2.56. The van der Waals surface area contributed by atoms with E-state index in [0.717, 1.165) is 39.4 Å². The number of benzene rings is 1. The van der Waals surface area contributed by atoms with E-state index in [0.29, 0.717) is 6.54 Å². The van der Waals surface area contributed by atoms with E-state index in [1.165, 1.54) is 0 Å². The molecule has 0 unspecified atom stereocenters. The van der Waals surface area contributed by atoms with Gasteiger partial charge in [0.1, 0.15) is 17.3 Å². The Morgan fingerprint density at radius 1 is 1.19 bits per heavy atom. The Morgan fingerprint density at radius 3 is 2.62 bits per heavy atom. The number of hydrogen-bond acceptors (Lipinski definition) is 4. The van der Waals surface area contributed by atoms with E-state index < -0.39 is 0 Å². The third-order valence-electron chi connectivity index (χ3n) is 3.79. The van der Waals surface area contributed by atoms with Crippen LogP contribution in [-0.4, -0.2) is 23.9 Å². The van der Waals surface area contributed by atoms with Gasteiger partial charge in [0, 0.05) is 29.3 Å². The van der Waals surface area contributed by atoms with Crippen molar-refractivity contribution in [3.05, 3.63) is 41.4 Å². The van der Waals surface area contributed by atoms with E-state index >= 15 is 0 Å². The van der Waals surface area contributed by atoms with Crippen LogP contribution in [0.3, 0.4) is 0 Å². The molecule has 0 aliphatic heterocycles. The van der Waals surface area contributed by atoms with Gasteiger partial charge >= 0.3 is 0 Å². The average Bonchev–Trinajstić information content (AvgIpc) is 3.04. The Kier molecular flexibility index (Phi) is 3.33. The monoisotopic (exact) mass is 286 g/mol. The lowest BCUT2D eigenvalue weighted by Crippen LogP contribution is -2.00. The second-order valence-electron chi connectivity index (χ2n) is 5.01. The first-order chi connectivity index (χ1) is 10.1. The molecule has 5 nitrogen and oxygen atoms in total. The van der Waals surface area contributed by atoms with Gasteiger partial charge in [-0.05, 0) is 19.9 Å². The molecule has 1 aromatic carbocycles. The minimum Gasteiger partial charge on any atom is -0.497 e. The number of aryl methyl sites for hydroxylation is 2. The highest BCUT2D eigenvalue weighted by Crippen LogP contribution is 2.32. The number of rotatable bonds is 4. The molecule has 2 aromatic heterocycles. The van der Waals surface area contributed by atoms with Crippen LogP contribution in [0.4, 0.5) is 0 Å². The predicted octanol–water partition coefficient (Wildman–Crippen LogP) is 3.31. The van der Waals surface area contributed by atoms with Crippen LogP contribution in [-0.2, 0) is 6.54 Å². The maximum Gasteiger partial charge on any atom is 0.138 e. The topological polar surface area (TPSA) is 49.4 Å². The third-order valence-corrected chi connectivity index (χ3v) is 3.79. The molecule has 0 fully saturated rings. The summed E-state index contributed by atoms with van der Waals surface area (Å²) >= 11 is 0. The lowest BCUT2D eigenvalue weighted by Gasteiger charge is -2.09. The van der Waals surface area contributed by atoms with Gasteiger partial charge < -0.3 is 18.6 Å². The zero-order chi connectivity index (χ0) is 15.0. The average molecular weight is 286 g/mol. The lowest BCUT2D eigenvalue weighted by molar-refractivity contribution is 0.392. The maximum atomic E-state index is 5.44. The molecule has 0 aliphatic rings. The molecule has 5 heteroatoms. The number of nitrogens with zero attached hydrogens (tertiary/aromatic N) is 2. The number of aromatic nitrogens is 2. The highest BCUT2D eigenvalue weighted by atomic mass is 16.5. The fraction of sp³-hybridized carbons (Fsp3) is 0.312. The summed E-state index contributed by atoms with van der Waals surface area (Å²) in [6.45, 7) is 4.60. The van der Waals surface area contributed by atoms with Gasteiger partial charge in [-0.1, -0.05) is 5.16 Å². The molecule has 3 rings (SSSR count). The van der Waals surface area contributed by atoms with Gasteiger partial charge in [0.2, 0.25) is 0 Å². The molecule has 0 spiro atoms. The van der Waals surface area contributed by atoms with Crippen molar-refractivity contribution in [2.45, 2.75) is 20.4 Å². The van der Waals surface area contributed by atoms with Crippen LogP contribution in [0.15, 0.2) is 28.9 Å². The van der Waals surface area contributed by atoms with Gasteiger partial charge in [-0.15, -0.1) is 0 Å². The van der Waals surface area contributed by atoms with Crippen LogP contribution in [0, 0.1) is 13.8 Å². The molecule has 3 aromatic rings. The van der Waals surface area contributed by atoms with Crippen LogP contribution >= 0.6 is 0 Å². The standard InChI is InChI=1S/C16H18N2O3/c1-10-14(11(2)21-17-10)9-18-6-5-13-15(18)7-12(19-3)8-16(13)20-4/h5-8H,9H2,1-4H3. The predicted molar refractivity (Wildman–Crippen MR) is 80.1 cm³/mol. The fourth-order valence-electron chi connectivity index (χ4n) is 2.56. The molecule has 0 radical (unpaired) electrons. The Morgan fingerprint density at radius 2 is 2.00 bits per heavy atom. The second-order valence-corrected chi connectivity index (χ2v) is 5.01. The molecule has 0 saturated carbocycles. The molecule has 0 bridgehead atoms. The molecule has 0 N–H and O–H groups in total. The highest BCUT2D eigenvalue weighted by Gasteiger charge is 2.13. The molecule has 2 heterocycles. The van der Waals surface area contributed by atoms with E-state index in [9.17, 15) is 0 Å². The zero-order valence-electron chi connectivity index (χ0n) is 12.6. The van der Waals surface area contributed by atoms with Crippen LogP contribution in [0.2, 0.25) is 0 Å². The third kappa shape index (κ3) is 2.24. The summed E-state index contributed by atoms with van der Waals surface area (Å²) in [5.74, 6) is 2.43. The summed E-state index contributed by atoms with van der Waals surface area (Å²) in [6, 6.07) is 5.95. The first-order valence-electron chi connectivity index (χ1n) is 6.76. The molecule has 0 saturated heterocycles. The van der Waals surface area contributed by atoms with E-state index in [1.807, 2.05) is 38.2 Å². The van der Waals surface area contributed by atoms with Crippen molar-refractivity contribution in [3.8, 4) is 11.5 Å². The van der Waals surface area contributed by atoms with Gasteiger partial charge in [0.05, 0.1) is 32.0 Å². The molecule has 110 valence electrons. The Hall–Kier alpha value is -2.43. The Bertz CT molecular complexity index is 767. The minimum atomic E-state index is 0.709. The van der Waals surface area contributed by atoms with Crippen molar-refractivity contribution in [2.75, 3.05) is 14.2 Å². The van der Waals surface area contributed by atoms with E-state index in [4.69, 9.17) is 14.0 Å². The van der Waals surface area contributed by atoms with Crippen molar-refractivity contribution in [3.63, 3.8) is 0 Å². The summed E-state index contributed by atoms with van der Waals surface area (Å²) < 4.78 is 18.2. The molecule has 21 heavy (non-hydrogen) atoms. The van der Waals surface area contributed by atoms with Crippen LogP contribution in [0.25, 0.3) is 10.9 Å². The van der Waals surface area contributed by atoms with Gasteiger partial charge in [0.15, 0.2) is 0 Å². The maximum absolute atomic E-state index is 5.44. The van der Waals surface area contributed by atoms with Crippen molar-refractivity contribution in [1.29, 1.82) is 0 Å². The molecule has 0 aliphatic carbocycles. The number of fused-ring (bicyclic) bond motifs is 1. The summed E-state index contributed by atoms with van der Waals surface area (Å²) in [6.07, 6.45) is 2.04. The second kappa shape index (κ2) is 5.16. The van der Waals surface area contributed by atoms with Crippen LogP contribution < -0.4 is 9.47 Å². The first-order valence-corrected chi connectivity index (χ1v) is 6.76. The number of ether oxygens (including phenoxy) is 2. The SMILES string of the molecule is COc1cc(OC)c2ccn(Cc3c(C)noc3C)c2c1. The van der Waals surface area contributed by atoms with Crippen molar-refractivity contribution >= 4 is 10.9 Å². The van der Waals surface area contributed by atoms with Gasteiger partial charge in [-0.2, -0.15) is 0 Å². The Labute approximate surface area is 123 Å². The smallest absolute Gasteiger partial charge is 0.138 e. The molecule has 0 atom stereocenters. The first kappa shape index (κ1) is 13.5. The van der Waals surface area contributed by atoms with Gasteiger partial charge in [-0.3, -0.25) is 0 Å². The van der Waals surface area contributed by atoms with Crippen LogP contribution in [0.1, 0.15) is 17.0 Å². The van der Waals surface area contributed by atoms with Gasteiger partial charge in [-0.25, -0.2) is 0 Å². The highest BCUT2D eigenvalue weighted by molar-refractivity contribution is 5.88. The van der Waals surface area contributed by atoms with Gasteiger partial charge in [0.25, 0.3) is 0 Å². The number of hydrogen-bond donors (Lipinski definition) is 0. The normalized spacial score (nSPS) is 11.0. The van der Waals surface area contributed by atoms with Crippen molar-refractivity contribution < 1.29 is 14.0 Å². The van der Waals surface area contributed by atoms with E-state index in [2.05, 4.69) is 9.72 Å². The quantitative estimate of drug-likeness (QED) is 0.738. The number of methoxy groups -OCH3 is 2. The minimum absolute atomic E-state index is 0.709. The zero-order valence-corrected chi connectivity index (χ0v) is 12.6. The lowest BCUT2D eigenvalue weighted by atomic mass is 10.2.